The molecule has 2 aromatic carbocycles. The predicted octanol–water partition coefficient (Wildman–Crippen LogP) is 3.80. The summed E-state index contributed by atoms with van der Waals surface area (Å²) in [5, 5.41) is 0.739. The summed E-state index contributed by atoms with van der Waals surface area (Å²) in [6, 6.07) is 17.9. The second kappa shape index (κ2) is 5.86. The quantitative estimate of drug-likeness (QED) is 0.829. The van der Waals surface area contributed by atoms with Crippen molar-refractivity contribution in [2.45, 2.75) is 29.4 Å². The molecule has 0 bridgehead atoms. The molecule has 0 saturated heterocycles. The summed E-state index contributed by atoms with van der Waals surface area (Å²) in [5.41, 5.74) is 4.66. The average molecular weight is 295 g/mol. The first-order valence-corrected chi connectivity index (χ1v) is 8.80. The highest BCUT2D eigenvalue weighted by Crippen LogP contribution is 2.37. The average Bonchev–Trinajstić information content (AvgIpc) is 2.81. The maximum Gasteiger partial charge on any atom is 0.0263 e. The van der Waals surface area contributed by atoms with Gasteiger partial charge < -0.3 is 4.90 Å². The standard InChI is InChI=1S/C19H21NS/c1-2-6-16-10-12-20(11-9-15(16)5-1)14-18-13-17-7-3-4-8-19(17)21-18/h1-8,18H,9-14H2. The van der Waals surface area contributed by atoms with Crippen LogP contribution in [-0.4, -0.2) is 29.8 Å². The molecule has 0 spiro atoms. The van der Waals surface area contributed by atoms with Crippen molar-refractivity contribution in [3.8, 4) is 0 Å². The Morgan fingerprint density at radius 1 is 0.857 bits per heavy atom. The lowest BCUT2D eigenvalue weighted by Gasteiger charge is -2.23. The molecule has 2 aliphatic heterocycles. The van der Waals surface area contributed by atoms with Crippen LogP contribution in [0.15, 0.2) is 53.4 Å². The van der Waals surface area contributed by atoms with Gasteiger partial charge in [0.1, 0.15) is 0 Å². The molecule has 21 heavy (non-hydrogen) atoms. The van der Waals surface area contributed by atoms with Crippen molar-refractivity contribution in [1.82, 2.24) is 4.90 Å². The van der Waals surface area contributed by atoms with Crippen LogP contribution in [-0.2, 0) is 19.3 Å². The number of benzene rings is 2. The van der Waals surface area contributed by atoms with Crippen molar-refractivity contribution in [2.24, 2.45) is 0 Å². The summed E-state index contributed by atoms with van der Waals surface area (Å²) in [6.45, 7) is 3.65. The van der Waals surface area contributed by atoms with Crippen molar-refractivity contribution in [1.29, 1.82) is 0 Å². The minimum atomic E-state index is 0.739. The minimum absolute atomic E-state index is 0.739. The van der Waals surface area contributed by atoms with Crippen LogP contribution in [0.5, 0.6) is 0 Å². The van der Waals surface area contributed by atoms with Crippen molar-refractivity contribution < 1.29 is 0 Å². The Morgan fingerprint density at radius 3 is 2.14 bits per heavy atom. The summed E-state index contributed by atoms with van der Waals surface area (Å²) in [4.78, 5) is 4.17. The molecule has 0 aromatic heterocycles. The van der Waals surface area contributed by atoms with Crippen molar-refractivity contribution in [3.05, 3.63) is 65.2 Å². The van der Waals surface area contributed by atoms with Gasteiger partial charge in [0.2, 0.25) is 0 Å². The van der Waals surface area contributed by atoms with Crippen LogP contribution in [0.25, 0.3) is 0 Å². The molecule has 2 heterocycles. The number of rotatable bonds is 2. The van der Waals surface area contributed by atoms with Gasteiger partial charge in [-0.3, -0.25) is 0 Å². The summed E-state index contributed by atoms with van der Waals surface area (Å²) in [5.74, 6) is 0. The monoisotopic (exact) mass is 295 g/mol. The normalized spacial score (nSPS) is 21.6. The van der Waals surface area contributed by atoms with Crippen molar-refractivity contribution in [2.75, 3.05) is 19.6 Å². The Morgan fingerprint density at radius 2 is 1.48 bits per heavy atom. The molecular formula is C19H21NS. The third-order valence-corrected chi connectivity index (χ3v) is 5.99. The zero-order valence-electron chi connectivity index (χ0n) is 12.3. The number of hydrogen-bond acceptors (Lipinski definition) is 2. The molecule has 0 radical (unpaired) electrons. The van der Waals surface area contributed by atoms with Gasteiger partial charge in [-0.15, -0.1) is 11.8 Å². The predicted molar refractivity (Wildman–Crippen MR) is 90.1 cm³/mol. The van der Waals surface area contributed by atoms with Gasteiger partial charge in [-0.2, -0.15) is 0 Å². The van der Waals surface area contributed by atoms with Gasteiger partial charge in [0.15, 0.2) is 0 Å². The van der Waals surface area contributed by atoms with Gasteiger partial charge in [0, 0.05) is 29.8 Å². The highest BCUT2D eigenvalue weighted by atomic mass is 32.2. The molecule has 1 atom stereocenters. The first kappa shape index (κ1) is 13.4. The molecule has 0 fully saturated rings. The van der Waals surface area contributed by atoms with Crippen molar-refractivity contribution in [3.63, 3.8) is 0 Å². The smallest absolute Gasteiger partial charge is 0.0263 e. The van der Waals surface area contributed by atoms with E-state index >= 15 is 0 Å². The van der Waals surface area contributed by atoms with Gasteiger partial charge in [-0.25, -0.2) is 0 Å². The molecule has 0 N–H and O–H groups in total. The van der Waals surface area contributed by atoms with Gasteiger partial charge in [-0.1, -0.05) is 42.5 Å². The van der Waals surface area contributed by atoms with E-state index in [0.717, 1.165) is 5.25 Å². The first-order valence-electron chi connectivity index (χ1n) is 7.92. The van der Waals surface area contributed by atoms with Crippen LogP contribution in [0.3, 0.4) is 0 Å². The van der Waals surface area contributed by atoms with Gasteiger partial charge in [0.05, 0.1) is 0 Å². The maximum absolute atomic E-state index is 2.67. The van der Waals surface area contributed by atoms with E-state index in [1.54, 1.807) is 16.7 Å². The van der Waals surface area contributed by atoms with Crippen LogP contribution in [0.1, 0.15) is 16.7 Å². The lowest BCUT2D eigenvalue weighted by Crippen LogP contribution is -2.33. The molecule has 2 heteroatoms. The Labute approximate surface area is 131 Å². The van der Waals surface area contributed by atoms with Gasteiger partial charge in [0.25, 0.3) is 0 Å². The van der Waals surface area contributed by atoms with E-state index in [-0.39, 0.29) is 0 Å². The van der Waals surface area contributed by atoms with Crippen LogP contribution in [0.4, 0.5) is 0 Å². The number of hydrogen-bond donors (Lipinski definition) is 0. The minimum Gasteiger partial charge on any atom is -0.302 e. The largest absolute Gasteiger partial charge is 0.302 e. The Bertz CT molecular complexity index is 585. The SMILES string of the molecule is c1ccc2c(c1)CCN(CC1Cc3ccccc3S1)CC2. The third kappa shape index (κ3) is 2.88. The lowest BCUT2D eigenvalue weighted by atomic mass is 10.0. The van der Waals surface area contributed by atoms with Crippen LogP contribution < -0.4 is 0 Å². The zero-order valence-corrected chi connectivity index (χ0v) is 13.1. The number of thioether (sulfide) groups is 1. The van der Waals surface area contributed by atoms with E-state index in [4.69, 9.17) is 0 Å². The molecular weight excluding hydrogens is 274 g/mol. The summed E-state index contributed by atoms with van der Waals surface area (Å²) < 4.78 is 0. The first-order chi connectivity index (χ1) is 10.4. The number of fused-ring (bicyclic) bond motifs is 2. The molecule has 1 nitrogen and oxygen atoms in total. The fourth-order valence-electron chi connectivity index (χ4n) is 3.54. The van der Waals surface area contributed by atoms with E-state index in [9.17, 15) is 0 Å². The summed E-state index contributed by atoms with van der Waals surface area (Å²) in [7, 11) is 0. The molecule has 2 aliphatic rings. The van der Waals surface area contributed by atoms with Crippen LogP contribution in [0.2, 0.25) is 0 Å². The fourth-order valence-corrected chi connectivity index (χ4v) is 4.91. The molecule has 0 aliphatic carbocycles. The highest BCUT2D eigenvalue weighted by molar-refractivity contribution is 8.00. The van der Waals surface area contributed by atoms with Gasteiger partial charge >= 0.3 is 0 Å². The topological polar surface area (TPSA) is 3.24 Å². The molecule has 0 amide bonds. The zero-order chi connectivity index (χ0) is 14.1. The third-order valence-electron chi connectivity index (χ3n) is 4.69. The Kier molecular flexibility index (Phi) is 3.74. The highest BCUT2D eigenvalue weighted by Gasteiger charge is 2.24. The molecule has 2 aromatic rings. The second-order valence-electron chi connectivity index (χ2n) is 6.12. The lowest BCUT2D eigenvalue weighted by molar-refractivity contribution is 0.288. The van der Waals surface area contributed by atoms with E-state index < -0.39 is 0 Å². The number of nitrogens with zero attached hydrogens (tertiary/aromatic N) is 1. The molecule has 1 unspecified atom stereocenters. The van der Waals surface area contributed by atoms with Crippen LogP contribution in [0, 0.1) is 0 Å². The Hall–Kier alpha value is -1.25. The van der Waals surface area contributed by atoms with E-state index in [0.29, 0.717) is 0 Å². The second-order valence-corrected chi connectivity index (χ2v) is 7.46. The maximum atomic E-state index is 2.67. The van der Waals surface area contributed by atoms with Crippen LogP contribution >= 0.6 is 11.8 Å². The fraction of sp³-hybridized carbons (Fsp3) is 0.368. The van der Waals surface area contributed by atoms with E-state index in [2.05, 4.69) is 65.2 Å². The van der Waals surface area contributed by atoms with Gasteiger partial charge in [-0.05, 0) is 42.0 Å². The summed E-state index contributed by atoms with van der Waals surface area (Å²) in [6.07, 6.45) is 3.66. The van der Waals surface area contributed by atoms with E-state index in [1.165, 1.54) is 43.8 Å². The van der Waals surface area contributed by atoms with E-state index in [1.807, 2.05) is 0 Å². The Balaban J connectivity index is 1.39. The summed E-state index contributed by atoms with van der Waals surface area (Å²) >= 11 is 2.08. The molecule has 4 rings (SSSR count). The molecule has 0 saturated carbocycles. The molecule has 108 valence electrons. The van der Waals surface area contributed by atoms with Crippen molar-refractivity contribution >= 4 is 11.8 Å².